The lowest BCUT2D eigenvalue weighted by molar-refractivity contribution is -0.143. The fraction of sp³-hybridized carbons (Fsp3) is 0.857. The summed E-state index contributed by atoms with van der Waals surface area (Å²) in [5.41, 5.74) is 5.09. The summed E-state index contributed by atoms with van der Waals surface area (Å²) in [6, 6.07) is -0.123. The first-order chi connectivity index (χ1) is 4.56. The van der Waals surface area contributed by atoms with Crippen LogP contribution in [0.3, 0.4) is 0 Å². The molecule has 0 aliphatic carbocycles. The first-order valence-corrected chi connectivity index (χ1v) is 3.44. The molecule has 0 amide bonds. The highest BCUT2D eigenvalue weighted by Gasteiger charge is 2.27. The number of rotatable bonds is 4. The van der Waals surface area contributed by atoms with Crippen LogP contribution in [-0.2, 0) is 9.53 Å². The summed E-state index contributed by atoms with van der Waals surface area (Å²) in [4.78, 5) is 10.0. The molecular formula is C7H15NO2. The van der Waals surface area contributed by atoms with Crippen molar-refractivity contribution >= 4 is 6.47 Å². The molecule has 10 heavy (non-hydrogen) atoms. The zero-order valence-electron chi connectivity index (χ0n) is 6.76. The third kappa shape index (κ3) is 1.99. The van der Waals surface area contributed by atoms with Crippen LogP contribution in [0, 0.1) is 0 Å². The number of nitrogens with two attached hydrogens (primary N) is 1. The number of hydrogen-bond acceptors (Lipinski definition) is 3. The molecule has 2 unspecified atom stereocenters. The van der Waals surface area contributed by atoms with Gasteiger partial charge in [-0.2, -0.15) is 0 Å². The van der Waals surface area contributed by atoms with E-state index in [4.69, 9.17) is 10.5 Å². The second-order valence-corrected chi connectivity index (χ2v) is 2.67. The average molecular weight is 145 g/mol. The summed E-state index contributed by atoms with van der Waals surface area (Å²) in [7, 11) is 0. The third-order valence-corrected chi connectivity index (χ3v) is 1.98. The van der Waals surface area contributed by atoms with Crippen molar-refractivity contribution in [2.75, 3.05) is 0 Å². The molecule has 0 aromatic carbocycles. The quantitative estimate of drug-likeness (QED) is 0.592. The molecule has 0 radical (unpaired) electrons. The highest BCUT2D eigenvalue weighted by molar-refractivity contribution is 5.38. The molecule has 2 atom stereocenters. The van der Waals surface area contributed by atoms with Crippen LogP contribution in [0.25, 0.3) is 0 Å². The van der Waals surface area contributed by atoms with Gasteiger partial charge in [-0.25, -0.2) is 0 Å². The Morgan fingerprint density at radius 3 is 2.40 bits per heavy atom. The topological polar surface area (TPSA) is 52.3 Å². The van der Waals surface area contributed by atoms with Crippen LogP contribution in [0.4, 0.5) is 0 Å². The second-order valence-electron chi connectivity index (χ2n) is 2.67. The fourth-order valence-electron chi connectivity index (χ4n) is 0.623. The van der Waals surface area contributed by atoms with Crippen LogP contribution in [0.15, 0.2) is 0 Å². The largest absolute Gasteiger partial charge is 0.460 e. The Kier molecular flexibility index (Phi) is 3.36. The van der Waals surface area contributed by atoms with Gasteiger partial charge in [-0.15, -0.1) is 0 Å². The summed E-state index contributed by atoms with van der Waals surface area (Å²) in [5, 5.41) is 0. The Morgan fingerprint density at radius 2 is 2.30 bits per heavy atom. The van der Waals surface area contributed by atoms with Gasteiger partial charge in [-0.1, -0.05) is 6.92 Å². The van der Waals surface area contributed by atoms with Gasteiger partial charge >= 0.3 is 0 Å². The molecular weight excluding hydrogens is 130 g/mol. The minimum Gasteiger partial charge on any atom is -0.460 e. The van der Waals surface area contributed by atoms with E-state index < -0.39 is 5.60 Å². The predicted octanol–water partition coefficient (Wildman–Crippen LogP) is 0.675. The van der Waals surface area contributed by atoms with Gasteiger partial charge in [-0.3, -0.25) is 4.79 Å². The Hall–Kier alpha value is -0.570. The van der Waals surface area contributed by atoms with Crippen molar-refractivity contribution < 1.29 is 9.53 Å². The van der Waals surface area contributed by atoms with E-state index in [0.717, 1.165) is 6.42 Å². The zero-order valence-corrected chi connectivity index (χ0v) is 6.76. The third-order valence-electron chi connectivity index (χ3n) is 1.98. The zero-order chi connectivity index (χ0) is 8.20. The maximum atomic E-state index is 10.0. The standard InChI is InChI=1S/C7H15NO2/c1-4-7(3,6(2)8)10-5-9/h5-6H,4,8H2,1-3H3. The number of carbonyl (C=O) groups is 1. The molecule has 0 heterocycles. The van der Waals surface area contributed by atoms with Crippen molar-refractivity contribution in [1.29, 1.82) is 0 Å². The normalized spacial score (nSPS) is 19.2. The van der Waals surface area contributed by atoms with Crippen molar-refractivity contribution in [2.45, 2.75) is 38.8 Å². The van der Waals surface area contributed by atoms with Crippen LogP contribution in [-0.4, -0.2) is 18.1 Å². The van der Waals surface area contributed by atoms with E-state index in [1.807, 2.05) is 20.8 Å². The molecule has 0 saturated heterocycles. The Balaban J connectivity index is 4.07. The number of hydrogen-bond donors (Lipinski definition) is 1. The molecule has 0 saturated carbocycles. The molecule has 0 aromatic rings. The Morgan fingerprint density at radius 1 is 1.80 bits per heavy atom. The van der Waals surface area contributed by atoms with E-state index in [1.54, 1.807) is 0 Å². The minimum absolute atomic E-state index is 0.123. The van der Waals surface area contributed by atoms with Crippen LogP contribution in [0.1, 0.15) is 27.2 Å². The summed E-state index contributed by atoms with van der Waals surface area (Å²) >= 11 is 0. The van der Waals surface area contributed by atoms with Gasteiger partial charge in [0.15, 0.2) is 0 Å². The van der Waals surface area contributed by atoms with Gasteiger partial charge in [0.2, 0.25) is 0 Å². The van der Waals surface area contributed by atoms with E-state index in [2.05, 4.69) is 0 Å². The molecule has 0 bridgehead atoms. The van der Waals surface area contributed by atoms with E-state index >= 15 is 0 Å². The smallest absolute Gasteiger partial charge is 0.293 e. The SMILES string of the molecule is CCC(C)(OC=O)C(C)N. The van der Waals surface area contributed by atoms with E-state index in [0.29, 0.717) is 6.47 Å². The summed E-state index contributed by atoms with van der Waals surface area (Å²) < 4.78 is 4.83. The van der Waals surface area contributed by atoms with Crippen LogP contribution in [0.2, 0.25) is 0 Å². The average Bonchev–Trinajstić information content (AvgIpc) is 1.88. The Labute approximate surface area is 61.5 Å². The lowest BCUT2D eigenvalue weighted by Crippen LogP contribution is -2.45. The van der Waals surface area contributed by atoms with Gasteiger partial charge < -0.3 is 10.5 Å². The maximum absolute atomic E-state index is 10.0. The summed E-state index contributed by atoms with van der Waals surface area (Å²) in [6.45, 7) is 6.04. The van der Waals surface area contributed by atoms with Crippen molar-refractivity contribution in [1.82, 2.24) is 0 Å². The molecule has 60 valence electrons. The van der Waals surface area contributed by atoms with E-state index in [9.17, 15) is 4.79 Å². The van der Waals surface area contributed by atoms with Crippen LogP contribution in [0.5, 0.6) is 0 Å². The van der Waals surface area contributed by atoms with E-state index in [-0.39, 0.29) is 6.04 Å². The maximum Gasteiger partial charge on any atom is 0.293 e. The Bertz CT molecular complexity index is 114. The first-order valence-electron chi connectivity index (χ1n) is 3.44. The number of carbonyl (C=O) groups excluding carboxylic acids is 1. The van der Waals surface area contributed by atoms with Gasteiger partial charge in [0.1, 0.15) is 5.60 Å². The predicted molar refractivity (Wildman–Crippen MR) is 39.5 cm³/mol. The number of ether oxygens (including phenoxy) is 1. The molecule has 2 N–H and O–H groups in total. The lowest BCUT2D eigenvalue weighted by atomic mass is 9.95. The molecule has 0 aromatic heterocycles. The van der Waals surface area contributed by atoms with Gasteiger partial charge in [-0.05, 0) is 20.3 Å². The van der Waals surface area contributed by atoms with Crippen LogP contribution < -0.4 is 5.73 Å². The highest BCUT2D eigenvalue weighted by atomic mass is 16.5. The highest BCUT2D eigenvalue weighted by Crippen LogP contribution is 2.16. The fourth-order valence-corrected chi connectivity index (χ4v) is 0.623. The molecule has 3 heteroatoms. The second kappa shape index (κ2) is 3.56. The molecule has 0 spiro atoms. The van der Waals surface area contributed by atoms with Crippen LogP contribution >= 0.6 is 0 Å². The van der Waals surface area contributed by atoms with Crippen molar-refractivity contribution in [2.24, 2.45) is 5.73 Å². The van der Waals surface area contributed by atoms with Crippen molar-refractivity contribution in [3.8, 4) is 0 Å². The summed E-state index contributed by atoms with van der Waals surface area (Å²) in [5.74, 6) is 0. The summed E-state index contributed by atoms with van der Waals surface area (Å²) in [6.07, 6.45) is 0.739. The van der Waals surface area contributed by atoms with Gasteiger partial charge in [0.25, 0.3) is 6.47 Å². The van der Waals surface area contributed by atoms with Gasteiger partial charge in [0, 0.05) is 6.04 Å². The van der Waals surface area contributed by atoms with E-state index in [1.165, 1.54) is 0 Å². The molecule has 0 rings (SSSR count). The molecule has 0 aliphatic rings. The van der Waals surface area contributed by atoms with Gasteiger partial charge in [0.05, 0.1) is 0 Å². The first kappa shape index (κ1) is 9.43. The molecule has 0 aliphatic heterocycles. The van der Waals surface area contributed by atoms with Crippen molar-refractivity contribution in [3.63, 3.8) is 0 Å². The molecule has 0 fully saturated rings. The molecule has 3 nitrogen and oxygen atoms in total. The monoisotopic (exact) mass is 145 g/mol. The lowest BCUT2D eigenvalue weighted by Gasteiger charge is -2.29. The van der Waals surface area contributed by atoms with Crippen molar-refractivity contribution in [3.05, 3.63) is 0 Å². The minimum atomic E-state index is -0.498.